The van der Waals surface area contributed by atoms with Gasteiger partial charge >= 0.3 is 12.3 Å². The fraction of sp³-hybridized carbons (Fsp3) is 0.364. The van der Waals surface area contributed by atoms with Crippen LogP contribution in [0, 0.1) is 0 Å². The van der Waals surface area contributed by atoms with Crippen LogP contribution < -0.4 is 4.90 Å². The van der Waals surface area contributed by atoms with Crippen molar-refractivity contribution < 1.29 is 22.7 Å². The molecule has 1 saturated carbocycles. The number of anilines is 1. The largest absolute Gasteiger partial charge is 0.441 e. The Morgan fingerprint density at radius 1 is 1.10 bits per heavy atom. The first kappa shape index (κ1) is 21.5. The van der Waals surface area contributed by atoms with E-state index < -0.39 is 17.3 Å². The lowest BCUT2D eigenvalue weighted by Crippen LogP contribution is -2.38. The van der Waals surface area contributed by atoms with Gasteiger partial charge in [0.2, 0.25) is 0 Å². The summed E-state index contributed by atoms with van der Waals surface area (Å²) in [6.45, 7) is 0.512. The first-order valence-corrected chi connectivity index (χ1v) is 9.95. The Labute approximate surface area is 183 Å². The molecule has 0 unspecified atom stereocenters. The van der Waals surface area contributed by atoms with E-state index in [-0.39, 0.29) is 24.4 Å². The molecule has 1 N–H and O–H groups in total. The van der Waals surface area contributed by atoms with E-state index in [4.69, 9.17) is 4.74 Å². The van der Waals surface area contributed by atoms with E-state index in [2.05, 4.69) is 9.97 Å². The number of benzene rings is 2. The van der Waals surface area contributed by atoms with Gasteiger partial charge in [-0.2, -0.15) is 13.2 Å². The van der Waals surface area contributed by atoms with Gasteiger partial charge in [0.05, 0.1) is 23.1 Å². The molecule has 0 atom stereocenters. The fourth-order valence-electron chi connectivity index (χ4n) is 4.51. The van der Waals surface area contributed by atoms with E-state index in [9.17, 15) is 18.0 Å². The molecule has 1 aliphatic heterocycles. The van der Waals surface area contributed by atoms with Crippen molar-refractivity contribution in [1.29, 1.82) is 0 Å². The van der Waals surface area contributed by atoms with Crippen LogP contribution in [0.3, 0.4) is 0 Å². The van der Waals surface area contributed by atoms with Crippen LogP contribution in [0.4, 0.5) is 23.7 Å². The van der Waals surface area contributed by atoms with Gasteiger partial charge in [0, 0.05) is 11.6 Å². The average Bonchev–Trinajstić information content (AvgIpc) is 3.29. The molecule has 1 saturated heterocycles. The summed E-state index contributed by atoms with van der Waals surface area (Å²) in [7, 11) is 0. The van der Waals surface area contributed by atoms with E-state index in [1.165, 1.54) is 6.07 Å². The molecule has 1 aromatic heterocycles. The number of H-pyrrole nitrogens is 1. The van der Waals surface area contributed by atoms with Crippen LogP contribution in [0.2, 0.25) is 0 Å². The number of ether oxygens (including phenoxy) is 1. The van der Waals surface area contributed by atoms with Crippen LogP contribution in [-0.4, -0.2) is 28.2 Å². The van der Waals surface area contributed by atoms with E-state index in [0.717, 1.165) is 30.7 Å². The predicted molar refractivity (Wildman–Crippen MR) is 113 cm³/mol. The molecule has 9 heteroatoms. The highest BCUT2D eigenvalue weighted by molar-refractivity contribution is 5.90. The highest BCUT2D eigenvalue weighted by Crippen LogP contribution is 2.43. The average molecular weight is 452 g/mol. The molecular formula is C22H21ClF3N3O2. The molecule has 2 fully saturated rings. The summed E-state index contributed by atoms with van der Waals surface area (Å²) in [6, 6.07) is 13.0. The monoisotopic (exact) mass is 451 g/mol. The summed E-state index contributed by atoms with van der Waals surface area (Å²) >= 11 is 0. The lowest BCUT2D eigenvalue weighted by atomic mass is 9.78. The van der Waals surface area contributed by atoms with Crippen LogP contribution in [0.1, 0.15) is 43.0 Å². The minimum Gasteiger partial charge on any atom is -0.441 e. The third-order valence-electron chi connectivity index (χ3n) is 6.15. The van der Waals surface area contributed by atoms with Crippen molar-refractivity contribution in [3.63, 3.8) is 0 Å². The maximum Gasteiger partial charge on any atom is 0.416 e. The number of nitrogens with one attached hydrogen (secondary N) is 1. The topological polar surface area (TPSA) is 58.2 Å². The Bertz CT molecular complexity index is 1090. The number of hydrogen-bond acceptors (Lipinski definition) is 3. The summed E-state index contributed by atoms with van der Waals surface area (Å²) in [5.74, 6) is 0.797. The van der Waals surface area contributed by atoms with Gasteiger partial charge in [-0.1, -0.05) is 18.2 Å². The van der Waals surface area contributed by atoms with Gasteiger partial charge in [-0.15, -0.1) is 12.4 Å². The molecule has 1 amide bonds. The van der Waals surface area contributed by atoms with Gasteiger partial charge in [-0.3, -0.25) is 4.90 Å². The number of carbonyl (C=O) groups is 1. The molecule has 3 aromatic rings. The highest BCUT2D eigenvalue weighted by Gasteiger charge is 2.48. The number of amides is 1. The number of rotatable bonds is 2. The maximum atomic E-state index is 13.0. The molecule has 2 aliphatic rings. The van der Waals surface area contributed by atoms with E-state index in [0.29, 0.717) is 36.2 Å². The number of alkyl halides is 3. The molecule has 1 aliphatic carbocycles. The minimum atomic E-state index is -4.38. The number of fused-ring (bicyclic) bond motifs is 1. The van der Waals surface area contributed by atoms with Gasteiger partial charge in [0.25, 0.3) is 0 Å². The van der Waals surface area contributed by atoms with Crippen molar-refractivity contribution in [2.75, 3.05) is 11.4 Å². The van der Waals surface area contributed by atoms with Crippen molar-refractivity contribution in [3.8, 4) is 0 Å². The van der Waals surface area contributed by atoms with Gasteiger partial charge in [0.1, 0.15) is 11.4 Å². The quantitative estimate of drug-likeness (QED) is 0.515. The summed E-state index contributed by atoms with van der Waals surface area (Å²) in [4.78, 5) is 21.7. The highest BCUT2D eigenvalue weighted by atomic mass is 35.5. The Kier molecular flexibility index (Phi) is 5.37. The number of halogens is 4. The molecule has 2 heterocycles. The maximum absolute atomic E-state index is 13.0. The first-order valence-electron chi connectivity index (χ1n) is 9.95. The smallest absolute Gasteiger partial charge is 0.416 e. The second-order valence-corrected chi connectivity index (χ2v) is 8.10. The summed E-state index contributed by atoms with van der Waals surface area (Å²) in [5.41, 5.74) is 0.535. The lowest BCUT2D eigenvalue weighted by molar-refractivity contribution is -0.137. The van der Waals surface area contributed by atoms with Crippen molar-refractivity contribution in [2.24, 2.45) is 0 Å². The van der Waals surface area contributed by atoms with Crippen molar-refractivity contribution >= 4 is 35.2 Å². The Morgan fingerprint density at radius 3 is 2.48 bits per heavy atom. The first-order chi connectivity index (χ1) is 14.3. The molecule has 0 radical (unpaired) electrons. The summed E-state index contributed by atoms with van der Waals surface area (Å²) < 4.78 is 44.6. The van der Waals surface area contributed by atoms with Gasteiger partial charge < -0.3 is 9.72 Å². The predicted octanol–water partition coefficient (Wildman–Crippen LogP) is 6.06. The standard InChI is InChI=1S/C22H20F3N3O2.ClH/c23-22(24,25)15-6-7-17-18(12-15)27-19(26-17)14-8-10-21(11-9-14)13-28(20(29)30-21)16-4-2-1-3-5-16;/h1-7,12,14H,8-11,13H2,(H,26,27);1H. The van der Waals surface area contributed by atoms with Crippen molar-refractivity contribution in [1.82, 2.24) is 9.97 Å². The van der Waals surface area contributed by atoms with E-state index >= 15 is 0 Å². The normalized spacial score (nSPS) is 23.8. The number of imidazole rings is 1. The third-order valence-corrected chi connectivity index (χ3v) is 6.15. The fourth-order valence-corrected chi connectivity index (χ4v) is 4.51. The van der Waals surface area contributed by atoms with Crippen molar-refractivity contribution in [2.45, 2.75) is 43.4 Å². The zero-order chi connectivity index (χ0) is 20.9. The SMILES string of the molecule is Cl.O=C1OC2(CCC(c3nc4ccc(C(F)(F)F)cc4[nH]3)CC2)CN1c1ccccc1. The Hall–Kier alpha value is -2.74. The van der Waals surface area contributed by atoms with Crippen LogP contribution in [0.15, 0.2) is 48.5 Å². The summed E-state index contributed by atoms with van der Waals surface area (Å²) in [5, 5.41) is 0. The Balaban J connectivity index is 0.00000231. The molecular weight excluding hydrogens is 431 g/mol. The molecule has 164 valence electrons. The molecule has 1 spiro atoms. The van der Waals surface area contributed by atoms with Crippen molar-refractivity contribution in [3.05, 3.63) is 59.9 Å². The number of para-hydroxylation sites is 1. The minimum absolute atomic E-state index is 0. The summed E-state index contributed by atoms with van der Waals surface area (Å²) in [6.07, 6.45) is -1.82. The molecule has 5 rings (SSSR count). The van der Waals surface area contributed by atoms with Gasteiger partial charge in [0.15, 0.2) is 0 Å². The number of hydrogen-bond donors (Lipinski definition) is 1. The molecule has 31 heavy (non-hydrogen) atoms. The second-order valence-electron chi connectivity index (χ2n) is 8.10. The van der Waals surface area contributed by atoms with Gasteiger partial charge in [-0.05, 0) is 56.0 Å². The van der Waals surface area contributed by atoms with Crippen LogP contribution in [0.25, 0.3) is 11.0 Å². The molecule has 0 bridgehead atoms. The van der Waals surface area contributed by atoms with Crippen LogP contribution in [-0.2, 0) is 10.9 Å². The molecule has 2 aromatic carbocycles. The number of aromatic nitrogens is 2. The number of aromatic amines is 1. The van der Waals surface area contributed by atoms with Crippen LogP contribution in [0.5, 0.6) is 0 Å². The number of nitrogens with zero attached hydrogens (tertiary/aromatic N) is 2. The number of carbonyl (C=O) groups excluding carboxylic acids is 1. The van der Waals surface area contributed by atoms with E-state index in [1.807, 2.05) is 30.3 Å². The van der Waals surface area contributed by atoms with E-state index in [1.54, 1.807) is 4.90 Å². The van der Waals surface area contributed by atoms with Gasteiger partial charge in [-0.25, -0.2) is 9.78 Å². The lowest BCUT2D eigenvalue weighted by Gasteiger charge is -2.34. The molecule has 5 nitrogen and oxygen atoms in total. The Morgan fingerprint density at radius 2 is 1.81 bits per heavy atom. The second kappa shape index (κ2) is 7.75. The third kappa shape index (κ3) is 3.96. The zero-order valence-electron chi connectivity index (χ0n) is 16.5. The van der Waals surface area contributed by atoms with Crippen LogP contribution >= 0.6 is 12.4 Å². The zero-order valence-corrected chi connectivity index (χ0v) is 17.3.